The molecule has 3 heteroatoms. The first-order valence-corrected chi connectivity index (χ1v) is 6.54. The second kappa shape index (κ2) is 4.84. The van der Waals surface area contributed by atoms with Gasteiger partial charge in [-0.2, -0.15) is 0 Å². The lowest BCUT2D eigenvalue weighted by Gasteiger charge is -2.25. The molecule has 0 unspecified atom stereocenters. The van der Waals surface area contributed by atoms with Crippen molar-refractivity contribution in [3.8, 4) is 11.1 Å². The monoisotopic (exact) mass is 253 g/mol. The normalized spacial score (nSPS) is 14.9. The van der Waals surface area contributed by atoms with Gasteiger partial charge in [-0.15, -0.1) is 0 Å². The Bertz CT molecular complexity index is 583. The second-order valence-electron chi connectivity index (χ2n) is 4.99. The zero-order valence-corrected chi connectivity index (χ0v) is 10.5. The maximum Gasteiger partial charge on any atom is 0.354 e. The van der Waals surface area contributed by atoms with E-state index >= 15 is 0 Å². The van der Waals surface area contributed by atoms with E-state index < -0.39 is 5.97 Å². The average molecular weight is 253 g/mol. The van der Waals surface area contributed by atoms with E-state index in [1.165, 1.54) is 30.9 Å². The highest BCUT2D eigenvalue weighted by Crippen LogP contribution is 2.36. The second-order valence-corrected chi connectivity index (χ2v) is 4.99. The zero-order chi connectivity index (χ0) is 13.2. The lowest BCUT2D eigenvalue weighted by Crippen LogP contribution is -2.08. The molecule has 0 atom stereocenters. The van der Waals surface area contributed by atoms with Gasteiger partial charge in [-0.3, -0.25) is 0 Å². The summed E-state index contributed by atoms with van der Waals surface area (Å²) in [6.45, 7) is 0. The maximum absolute atomic E-state index is 10.7. The van der Waals surface area contributed by atoms with Gasteiger partial charge in [0.15, 0.2) is 0 Å². The van der Waals surface area contributed by atoms with E-state index in [0.717, 1.165) is 17.0 Å². The Morgan fingerprint density at radius 1 is 1.05 bits per heavy atom. The molecular formula is C16H15NO2. The summed E-state index contributed by atoms with van der Waals surface area (Å²) in [6, 6.07) is 11.9. The van der Waals surface area contributed by atoms with Crippen LogP contribution in [0.25, 0.3) is 11.1 Å². The topological polar surface area (TPSA) is 50.2 Å². The Balaban J connectivity index is 1.83. The summed E-state index contributed by atoms with van der Waals surface area (Å²) in [5, 5.41) is 8.81. The lowest BCUT2D eigenvalue weighted by atomic mass is 9.80. The molecule has 1 N–H and O–H groups in total. The fourth-order valence-electron chi connectivity index (χ4n) is 2.38. The van der Waals surface area contributed by atoms with Crippen LogP contribution < -0.4 is 0 Å². The minimum Gasteiger partial charge on any atom is -0.477 e. The zero-order valence-electron chi connectivity index (χ0n) is 10.5. The van der Waals surface area contributed by atoms with Crippen molar-refractivity contribution in [3.05, 3.63) is 53.9 Å². The standard InChI is InChI=1S/C16H15NO2/c18-16(19)15-9-8-14(10-17-15)13-6-4-12(5-7-13)11-2-1-3-11/h4-11H,1-3H2,(H,18,19). The molecular weight excluding hydrogens is 238 g/mol. The minimum atomic E-state index is -0.994. The Labute approximate surface area is 111 Å². The van der Waals surface area contributed by atoms with Crippen molar-refractivity contribution in [1.29, 1.82) is 0 Å². The van der Waals surface area contributed by atoms with Gasteiger partial charge in [0.1, 0.15) is 5.69 Å². The molecule has 1 aromatic carbocycles. The fraction of sp³-hybridized carbons (Fsp3) is 0.250. The van der Waals surface area contributed by atoms with Crippen LogP contribution in [0.2, 0.25) is 0 Å². The predicted molar refractivity (Wildman–Crippen MR) is 73.2 cm³/mol. The highest BCUT2D eigenvalue weighted by atomic mass is 16.4. The smallest absolute Gasteiger partial charge is 0.354 e. The number of carboxylic acid groups (broad SMARTS) is 1. The number of aromatic carboxylic acids is 1. The molecule has 0 bridgehead atoms. The summed E-state index contributed by atoms with van der Waals surface area (Å²) < 4.78 is 0. The van der Waals surface area contributed by atoms with Crippen LogP contribution in [0.1, 0.15) is 41.2 Å². The molecule has 2 aromatic rings. The number of rotatable bonds is 3. The van der Waals surface area contributed by atoms with Crippen LogP contribution in [0.5, 0.6) is 0 Å². The lowest BCUT2D eigenvalue weighted by molar-refractivity contribution is 0.0690. The van der Waals surface area contributed by atoms with Crippen molar-refractivity contribution in [2.75, 3.05) is 0 Å². The van der Waals surface area contributed by atoms with Crippen LogP contribution in [0.3, 0.4) is 0 Å². The molecule has 0 radical (unpaired) electrons. The van der Waals surface area contributed by atoms with E-state index in [2.05, 4.69) is 29.2 Å². The van der Waals surface area contributed by atoms with E-state index in [4.69, 9.17) is 5.11 Å². The predicted octanol–water partition coefficient (Wildman–Crippen LogP) is 3.71. The number of nitrogens with zero attached hydrogens (tertiary/aromatic N) is 1. The van der Waals surface area contributed by atoms with Gasteiger partial charge in [0, 0.05) is 11.8 Å². The van der Waals surface area contributed by atoms with Crippen LogP contribution >= 0.6 is 0 Å². The van der Waals surface area contributed by atoms with Crippen molar-refractivity contribution in [2.45, 2.75) is 25.2 Å². The van der Waals surface area contributed by atoms with Gasteiger partial charge in [0.25, 0.3) is 0 Å². The van der Waals surface area contributed by atoms with Crippen LogP contribution in [-0.4, -0.2) is 16.1 Å². The molecule has 19 heavy (non-hydrogen) atoms. The van der Waals surface area contributed by atoms with E-state index in [9.17, 15) is 4.79 Å². The third-order valence-electron chi connectivity index (χ3n) is 3.80. The van der Waals surface area contributed by atoms with E-state index in [1.54, 1.807) is 12.3 Å². The van der Waals surface area contributed by atoms with Crippen molar-refractivity contribution in [2.24, 2.45) is 0 Å². The molecule has 3 rings (SSSR count). The van der Waals surface area contributed by atoms with Crippen LogP contribution in [-0.2, 0) is 0 Å². The molecule has 0 saturated heterocycles. The summed E-state index contributed by atoms with van der Waals surface area (Å²) in [5.74, 6) is -0.256. The molecule has 1 aromatic heterocycles. The Morgan fingerprint density at radius 3 is 2.21 bits per heavy atom. The number of pyridine rings is 1. The quantitative estimate of drug-likeness (QED) is 0.907. The number of aromatic nitrogens is 1. The van der Waals surface area contributed by atoms with E-state index in [1.807, 2.05) is 0 Å². The average Bonchev–Trinajstić information content (AvgIpc) is 2.38. The van der Waals surface area contributed by atoms with Gasteiger partial charge in [0.2, 0.25) is 0 Å². The van der Waals surface area contributed by atoms with Gasteiger partial charge < -0.3 is 5.11 Å². The first-order chi connectivity index (χ1) is 9.24. The molecule has 0 spiro atoms. The number of benzene rings is 1. The highest BCUT2D eigenvalue weighted by Gasteiger charge is 2.18. The molecule has 1 heterocycles. The molecule has 1 fully saturated rings. The molecule has 1 aliphatic carbocycles. The third-order valence-corrected chi connectivity index (χ3v) is 3.80. The van der Waals surface area contributed by atoms with Crippen LogP contribution in [0.4, 0.5) is 0 Å². The largest absolute Gasteiger partial charge is 0.477 e. The Morgan fingerprint density at radius 2 is 1.74 bits per heavy atom. The fourth-order valence-corrected chi connectivity index (χ4v) is 2.38. The van der Waals surface area contributed by atoms with E-state index in [0.29, 0.717) is 0 Å². The Kier molecular flexibility index (Phi) is 3.03. The summed E-state index contributed by atoms with van der Waals surface area (Å²) in [7, 11) is 0. The summed E-state index contributed by atoms with van der Waals surface area (Å²) in [4.78, 5) is 14.7. The van der Waals surface area contributed by atoms with Crippen molar-refractivity contribution >= 4 is 5.97 Å². The third kappa shape index (κ3) is 2.36. The maximum atomic E-state index is 10.7. The van der Waals surface area contributed by atoms with Crippen LogP contribution in [0.15, 0.2) is 42.6 Å². The molecule has 3 nitrogen and oxygen atoms in total. The molecule has 1 saturated carbocycles. The first kappa shape index (κ1) is 11.9. The number of carboxylic acids is 1. The van der Waals surface area contributed by atoms with Crippen molar-refractivity contribution in [1.82, 2.24) is 4.98 Å². The first-order valence-electron chi connectivity index (χ1n) is 6.54. The Hall–Kier alpha value is -2.16. The SMILES string of the molecule is O=C(O)c1ccc(-c2ccc(C3CCC3)cc2)cn1. The van der Waals surface area contributed by atoms with Crippen LogP contribution in [0, 0.1) is 0 Å². The summed E-state index contributed by atoms with van der Waals surface area (Å²) in [5.41, 5.74) is 3.51. The number of hydrogen-bond acceptors (Lipinski definition) is 2. The number of carbonyl (C=O) groups is 1. The highest BCUT2D eigenvalue weighted by molar-refractivity contribution is 5.85. The summed E-state index contributed by atoms with van der Waals surface area (Å²) in [6.07, 6.45) is 5.55. The number of hydrogen-bond donors (Lipinski definition) is 1. The molecule has 1 aliphatic rings. The van der Waals surface area contributed by atoms with Gasteiger partial charge in [-0.05, 0) is 36.0 Å². The van der Waals surface area contributed by atoms with E-state index in [-0.39, 0.29) is 5.69 Å². The minimum absolute atomic E-state index is 0.0786. The van der Waals surface area contributed by atoms with Crippen molar-refractivity contribution in [3.63, 3.8) is 0 Å². The van der Waals surface area contributed by atoms with Gasteiger partial charge in [0.05, 0.1) is 0 Å². The van der Waals surface area contributed by atoms with Gasteiger partial charge in [-0.1, -0.05) is 36.8 Å². The molecule has 96 valence electrons. The van der Waals surface area contributed by atoms with Gasteiger partial charge in [-0.25, -0.2) is 9.78 Å². The molecule has 0 amide bonds. The molecule has 0 aliphatic heterocycles. The van der Waals surface area contributed by atoms with Gasteiger partial charge >= 0.3 is 5.97 Å². The summed E-state index contributed by atoms with van der Waals surface area (Å²) >= 11 is 0. The van der Waals surface area contributed by atoms with Crippen molar-refractivity contribution < 1.29 is 9.90 Å².